The zero-order chi connectivity index (χ0) is 110. The first-order valence-electron chi connectivity index (χ1n) is 47.7. The van der Waals surface area contributed by atoms with E-state index in [1.54, 1.807) is 0 Å². The average Bonchev–Trinajstić information content (AvgIpc) is 0.761. The van der Waals surface area contributed by atoms with Crippen LogP contribution in [0.3, 0.4) is 0 Å². The van der Waals surface area contributed by atoms with Gasteiger partial charge in [0.05, 0.1) is 85.9 Å². The number of aliphatic hydroxyl groups is 39. The Balaban J connectivity index is 0.842. The molecule has 13 aliphatic rings. The molecule has 0 aromatic heterocycles. The van der Waals surface area contributed by atoms with Crippen LogP contribution in [-0.2, 0) is 128 Å². The fourth-order valence-corrected chi connectivity index (χ4v) is 19.3. The molecule has 13 rings (SSSR count). The van der Waals surface area contributed by atoms with Gasteiger partial charge in [0.15, 0.2) is 81.8 Å². The van der Waals surface area contributed by atoms with E-state index in [1.807, 2.05) is 0 Å². The number of rotatable bonds is 39. The van der Waals surface area contributed by atoms with Crippen molar-refractivity contribution in [1.82, 2.24) is 10.6 Å². The summed E-state index contributed by atoms with van der Waals surface area (Å²) in [6.45, 7) is -13.5. The third-order valence-electron chi connectivity index (χ3n) is 28.0. The van der Waals surface area contributed by atoms with Gasteiger partial charge in [-0.15, -0.1) is 0 Å². The van der Waals surface area contributed by atoms with Crippen LogP contribution in [0.5, 0.6) is 0 Å². The van der Waals surface area contributed by atoms with Crippen LogP contribution < -0.4 is 10.6 Å². The van der Waals surface area contributed by atoms with Crippen molar-refractivity contribution in [3.05, 3.63) is 0 Å². The van der Waals surface area contributed by atoms with E-state index in [0.717, 1.165) is 13.8 Å². The summed E-state index contributed by atoms with van der Waals surface area (Å²) in [6.07, 6.45) is -143. The zero-order valence-electron chi connectivity index (χ0n) is 79.2. The Labute approximate surface area is 845 Å². The van der Waals surface area contributed by atoms with E-state index in [2.05, 4.69) is 10.6 Å². The van der Waals surface area contributed by atoms with Crippen LogP contribution in [0.15, 0.2) is 0 Å². The molecule has 68 nitrogen and oxygen atoms in total. The molecule has 0 aromatic carbocycles. The molecule has 0 aromatic rings. The third-order valence-corrected chi connectivity index (χ3v) is 28.0. The Morgan fingerprint density at radius 2 is 0.360 bits per heavy atom. The number of aliphatic hydroxyl groups excluding tert-OH is 39. The molecule has 0 unspecified atom stereocenters. The molecule has 150 heavy (non-hydrogen) atoms. The number of hydrogen-bond acceptors (Lipinski definition) is 66. The lowest BCUT2D eigenvalue weighted by atomic mass is 9.94. The largest absolute Gasteiger partial charge is 0.394 e. The minimum atomic E-state index is -2.82. The smallest absolute Gasteiger partial charge is 0.217 e. The molecular weight excluding hydrogens is 2070 g/mol. The van der Waals surface area contributed by atoms with E-state index in [0.29, 0.717) is 0 Å². The Kier molecular flexibility index (Phi) is 44.2. The van der Waals surface area contributed by atoms with Crippen LogP contribution in [0.2, 0.25) is 0 Å². The molecule has 2 amide bonds. The van der Waals surface area contributed by atoms with Crippen LogP contribution in [0, 0.1) is 0 Å². The van der Waals surface area contributed by atoms with E-state index in [4.69, 9.17) is 118 Å². The Morgan fingerprint density at radius 1 is 0.173 bits per heavy atom. The molecule has 13 heterocycles. The summed E-state index contributed by atoms with van der Waals surface area (Å²) in [7, 11) is 0. The normalized spacial score (nSPS) is 52.1. The molecule has 872 valence electrons. The number of amides is 2. The SMILES string of the molecule is CC(=O)N[C@@H]1[C@@H](O)[C@H](O[C@@H]2O[C@H](CO)[C@@H](O[C@@H]3O[C@H](CO[C@H]4O[C@H](CO[C@H]5O[C@H](CO)[C@@H](O)[C@H](O)[C@@H]5O)[C@@H](O)[C@H](O[C@H]5O[C@H](CO)[C@@H](O)[C@H](O)[C@@H]5O)[C@@H]4O)[C@@H](O)[C@H](O[C@H]4O[C@H](CO[C@H]5O[C@H](CO)[C@@H](O)[C@H](O)[C@@H]5O)[C@@H](O)[C@H](O)[C@@H]4O[C@H]4O[C@H](CO)[C@@H](O)[C@H](O)[C@@H]4O[C@H]4O[C@H](CO)[C@@H](O)[C@H](O[C@H]5O[C@H](CO)[C@@H](O)[C@H](O[C@H]6O[C@H](CO)[C@@H](O)[C@H](O)[C@H]6O[C@H]6O[C@H](CO)[C@@H](O)[C@H](O)[C@H]6O)[C@H]5O)[C@@H]4O)[C@@H]3O)[C@H](O)[C@H]2NC(C)=O)[C@@H](CO)O[C@H]1O. The highest BCUT2D eigenvalue weighted by Crippen LogP contribution is 2.44. The fourth-order valence-electron chi connectivity index (χ4n) is 19.3. The molecule has 0 saturated carbocycles. The molecule has 41 N–H and O–H groups in total. The summed E-state index contributed by atoms with van der Waals surface area (Å²) in [4.78, 5) is 25.6. The van der Waals surface area contributed by atoms with Crippen LogP contribution in [-0.4, -0.2) is 696 Å². The van der Waals surface area contributed by atoms with Gasteiger partial charge in [-0.05, 0) is 0 Å². The van der Waals surface area contributed by atoms with Crippen molar-refractivity contribution >= 4 is 11.8 Å². The van der Waals surface area contributed by atoms with E-state index in [9.17, 15) is 209 Å². The number of carbonyl (C=O) groups is 2. The predicted octanol–water partition coefficient (Wildman–Crippen LogP) is -29.0. The van der Waals surface area contributed by atoms with Gasteiger partial charge in [-0.2, -0.15) is 0 Å². The van der Waals surface area contributed by atoms with Gasteiger partial charge in [0.25, 0.3) is 0 Å². The maximum absolute atomic E-state index is 13.3. The summed E-state index contributed by atoms with van der Waals surface area (Å²) < 4.78 is 147. The zero-order valence-corrected chi connectivity index (χ0v) is 79.2. The van der Waals surface area contributed by atoms with Crippen LogP contribution in [0.4, 0.5) is 0 Å². The monoisotopic (exact) mass is 2210 g/mol. The highest BCUT2D eigenvalue weighted by Gasteiger charge is 2.64. The fraction of sp³-hybridized carbons (Fsp3) is 0.976. The van der Waals surface area contributed by atoms with Crippen molar-refractivity contribution in [3.63, 3.8) is 0 Å². The second-order valence-corrected chi connectivity index (χ2v) is 38.0. The Hall–Kier alpha value is -3.62. The molecule has 0 spiro atoms. The van der Waals surface area contributed by atoms with Crippen LogP contribution in [0.1, 0.15) is 13.8 Å². The molecule has 0 aliphatic carbocycles. The molecule has 68 heteroatoms. The van der Waals surface area contributed by atoms with Gasteiger partial charge >= 0.3 is 0 Å². The summed E-state index contributed by atoms with van der Waals surface area (Å²) in [6, 6.07) is -3.81. The molecule has 13 fully saturated rings. The second-order valence-electron chi connectivity index (χ2n) is 38.0. The number of ether oxygens (including phenoxy) is 25. The van der Waals surface area contributed by atoms with E-state index in [1.165, 1.54) is 0 Å². The van der Waals surface area contributed by atoms with Gasteiger partial charge in [-0.1, -0.05) is 0 Å². The van der Waals surface area contributed by atoms with Gasteiger partial charge in [0.2, 0.25) is 11.8 Å². The van der Waals surface area contributed by atoms with Crippen LogP contribution >= 0.6 is 0 Å². The van der Waals surface area contributed by atoms with Gasteiger partial charge in [0, 0.05) is 13.8 Å². The lowest BCUT2D eigenvalue weighted by Gasteiger charge is -2.51. The summed E-state index contributed by atoms with van der Waals surface area (Å²) >= 11 is 0. The predicted molar refractivity (Wildman–Crippen MR) is 451 cm³/mol. The Morgan fingerprint density at radius 3 is 0.687 bits per heavy atom. The number of carbonyl (C=O) groups excluding carboxylic acids is 2. The Bertz CT molecular complexity index is 4070. The lowest BCUT2D eigenvalue weighted by Crippen LogP contribution is -2.70. The molecular formula is C82H138N2O66. The third kappa shape index (κ3) is 26.4. The van der Waals surface area contributed by atoms with E-state index < -0.39 is 497 Å². The maximum Gasteiger partial charge on any atom is 0.217 e. The highest BCUT2D eigenvalue weighted by atomic mass is 16.8. The average molecular weight is 2210 g/mol. The topological polar surface area (TPSA) is 1080 Å². The van der Waals surface area contributed by atoms with Crippen molar-refractivity contribution in [2.75, 3.05) is 85.9 Å². The first-order valence-corrected chi connectivity index (χ1v) is 47.7. The molecule has 13 saturated heterocycles. The first-order chi connectivity index (χ1) is 71.1. The molecule has 0 radical (unpaired) electrons. The number of hydrogen-bond donors (Lipinski definition) is 41. The van der Waals surface area contributed by atoms with Gasteiger partial charge < -0.3 is 328 Å². The lowest BCUT2D eigenvalue weighted by molar-refractivity contribution is -0.414. The van der Waals surface area contributed by atoms with Crippen molar-refractivity contribution in [2.45, 2.75) is 413 Å². The minimum absolute atomic E-state index is 0.851. The van der Waals surface area contributed by atoms with Crippen molar-refractivity contribution in [3.8, 4) is 0 Å². The quantitative estimate of drug-likeness (QED) is 0.0272. The number of nitrogens with one attached hydrogen (secondary N) is 2. The standard InChI is InChI=1S/C82H138N2O66/c1-16(95)83-31-44(108)61(26(11-93)129-70(31)125)142-71-32(84-17(2)96)45(109)62(27(12-94)138-71)143-79-60(124)66(43(107)30(140-79)15-128-74-57(121)65(144-75-55(119)48(112)35(99)20(5-87)132-75)42(106)29(139-74)14-127-73-54(118)47(111)34(98)19(4-86)131-73)147-82-69(52(116)39(103)28(141-82)13-126-72-53(117)46(110)33(97)18(3-85)130-72)150-81-68(51(115)38(102)23(8-90)137-81)149-78-58(122)63(40(104)24(9-91)135-78)145-77-59(123)64(41(105)25(10-92)134-77)146-80-67(50(114)37(101)22(7-89)136-80)148-76-56(120)49(113)36(100)21(6-88)133-76/h18-82,85-94,97-125H,3-15H2,1-2H3,(H,83,95)(H,84,96)/t18-,19-,20-,21-,22-,23-,24-,25-,26-,27-,28-,29-,30-,31-,32-,33-,34-,35-,36-,37-,38-,39-,40-,41-,42-,43-,44-,45-,46+,47+,48+,49+,50+,51+,52+,53+,54+,55+,56-,57+,58+,59-,60+,61-,62-,63+,64+,65+,66+,67-,68+,69+,70-,71+,72+,73+,74+,75-,76-,77-,78-,79+,80-,81-,82-/m1/s1. The van der Waals surface area contributed by atoms with E-state index >= 15 is 0 Å². The van der Waals surface area contributed by atoms with Crippen LogP contribution in [0.25, 0.3) is 0 Å². The van der Waals surface area contributed by atoms with E-state index in [-0.39, 0.29) is 0 Å². The second kappa shape index (κ2) is 53.8. The minimum Gasteiger partial charge on any atom is -0.394 e. The highest BCUT2D eigenvalue weighted by molar-refractivity contribution is 5.73. The van der Waals surface area contributed by atoms with Gasteiger partial charge in [-0.3, -0.25) is 9.59 Å². The van der Waals surface area contributed by atoms with Gasteiger partial charge in [0.1, 0.15) is 317 Å². The first kappa shape index (κ1) is 123. The summed E-state index contributed by atoms with van der Waals surface area (Å²) in [5, 5.41) is 444. The van der Waals surface area contributed by atoms with Crippen molar-refractivity contribution in [1.29, 1.82) is 0 Å². The molecule has 13 aliphatic heterocycles. The van der Waals surface area contributed by atoms with Gasteiger partial charge in [-0.25, -0.2) is 0 Å². The summed E-state index contributed by atoms with van der Waals surface area (Å²) in [5.74, 6) is -1.89. The van der Waals surface area contributed by atoms with Crippen molar-refractivity contribution in [2.24, 2.45) is 0 Å². The van der Waals surface area contributed by atoms with Crippen molar-refractivity contribution < 1.29 is 327 Å². The maximum atomic E-state index is 13.3. The molecule has 65 atom stereocenters. The summed E-state index contributed by atoms with van der Waals surface area (Å²) in [5.41, 5.74) is 0. The molecule has 0 bridgehead atoms.